The highest BCUT2D eigenvalue weighted by molar-refractivity contribution is 6.42. The minimum absolute atomic E-state index is 0.0978. The second kappa shape index (κ2) is 13.0. The molecule has 0 aliphatic rings. The largest absolute Gasteiger partial charge is 0.364 e. The number of hydrogen-bond acceptors (Lipinski definition) is 5. The molecule has 35 heavy (non-hydrogen) atoms. The molecule has 0 spiro atoms. The second-order valence-corrected chi connectivity index (χ2v) is 8.63. The van der Waals surface area contributed by atoms with Crippen molar-refractivity contribution in [2.75, 3.05) is 0 Å². The van der Waals surface area contributed by atoms with Crippen molar-refractivity contribution in [3.05, 3.63) is 99.8 Å². The molecule has 7 nitrogen and oxygen atoms in total. The Bertz CT molecular complexity index is 1160. The Morgan fingerprint density at radius 1 is 0.943 bits per heavy atom. The monoisotopic (exact) mass is 513 g/mol. The van der Waals surface area contributed by atoms with Crippen molar-refractivity contribution in [1.29, 1.82) is 0 Å². The van der Waals surface area contributed by atoms with Gasteiger partial charge in [0.15, 0.2) is 0 Å². The average Bonchev–Trinajstić information content (AvgIpc) is 2.88. The average molecular weight is 514 g/mol. The molecule has 3 rings (SSSR count). The highest BCUT2D eigenvalue weighted by Crippen LogP contribution is 2.23. The predicted molar refractivity (Wildman–Crippen MR) is 134 cm³/mol. The van der Waals surface area contributed by atoms with Gasteiger partial charge >= 0.3 is 0 Å². The fourth-order valence-electron chi connectivity index (χ4n) is 3.19. The molecule has 0 unspecified atom stereocenters. The van der Waals surface area contributed by atoms with Crippen LogP contribution in [0.15, 0.2) is 72.9 Å². The number of rotatable bonds is 11. The summed E-state index contributed by atoms with van der Waals surface area (Å²) in [5.41, 5.74) is 2.15. The number of amides is 2. The molecule has 2 amide bonds. The van der Waals surface area contributed by atoms with E-state index in [1.165, 1.54) is 0 Å². The van der Waals surface area contributed by atoms with Crippen molar-refractivity contribution in [1.82, 2.24) is 15.6 Å². The van der Waals surface area contributed by atoms with Crippen LogP contribution in [0.4, 0.5) is 0 Å². The minimum Gasteiger partial charge on any atom is -0.364 e. The van der Waals surface area contributed by atoms with Crippen molar-refractivity contribution in [2.24, 2.45) is 0 Å². The number of Topliss-reactive ketones (excluding diaryl/α,β-unsaturated/α-hetero) is 1. The standard InChI is InChI=1S/C26H25Cl2N3O4/c1-17(35-16-19-10-11-21(27)22(28)13-19)25(33)31-23(14-18-7-3-2-4-8-18)24(32)26(34)30-15-20-9-5-6-12-29-20/h2-13,17,23H,14-16H2,1H3,(H,30,34)(H,31,33)/t17-,23-/m1/s1. The van der Waals surface area contributed by atoms with E-state index in [4.69, 9.17) is 27.9 Å². The Morgan fingerprint density at radius 3 is 2.37 bits per heavy atom. The van der Waals surface area contributed by atoms with Crippen LogP contribution in [-0.2, 0) is 38.7 Å². The Labute approximate surface area is 213 Å². The highest BCUT2D eigenvalue weighted by Gasteiger charge is 2.29. The molecule has 2 N–H and O–H groups in total. The first-order chi connectivity index (χ1) is 16.8. The number of carbonyl (C=O) groups excluding carboxylic acids is 3. The Hall–Kier alpha value is -3.26. The van der Waals surface area contributed by atoms with Gasteiger partial charge in [0, 0.05) is 12.6 Å². The predicted octanol–water partition coefficient (Wildman–Crippen LogP) is 3.91. The van der Waals surface area contributed by atoms with Gasteiger partial charge in [-0.3, -0.25) is 19.4 Å². The molecule has 0 radical (unpaired) electrons. The van der Waals surface area contributed by atoms with E-state index < -0.39 is 29.7 Å². The van der Waals surface area contributed by atoms with E-state index in [0.29, 0.717) is 15.7 Å². The van der Waals surface area contributed by atoms with E-state index in [1.54, 1.807) is 49.5 Å². The van der Waals surface area contributed by atoms with E-state index >= 15 is 0 Å². The quantitative estimate of drug-likeness (QED) is 0.379. The number of halogens is 2. The molecule has 0 aliphatic heterocycles. The van der Waals surface area contributed by atoms with Crippen LogP contribution in [0.1, 0.15) is 23.7 Å². The van der Waals surface area contributed by atoms with Gasteiger partial charge in [-0.15, -0.1) is 0 Å². The SMILES string of the molecule is C[C@@H](OCc1ccc(Cl)c(Cl)c1)C(=O)N[C@H](Cc1ccccc1)C(=O)C(=O)NCc1ccccn1. The number of benzene rings is 2. The molecule has 0 bridgehead atoms. The Morgan fingerprint density at radius 2 is 1.69 bits per heavy atom. The molecule has 2 aromatic carbocycles. The number of carbonyl (C=O) groups is 3. The number of aromatic nitrogens is 1. The molecule has 182 valence electrons. The lowest BCUT2D eigenvalue weighted by Crippen LogP contribution is -2.51. The summed E-state index contributed by atoms with van der Waals surface area (Å²) in [5.74, 6) is -2.08. The van der Waals surface area contributed by atoms with Crippen LogP contribution in [0.3, 0.4) is 0 Å². The molecule has 0 saturated carbocycles. The van der Waals surface area contributed by atoms with Crippen molar-refractivity contribution < 1.29 is 19.1 Å². The first-order valence-electron chi connectivity index (χ1n) is 10.9. The fourth-order valence-corrected chi connectivity index (χ4v) is 3.51. The van der Waals surface area contributed by atoms with Crippen LogP contribution in [-0.4, -0.2) is 34.7 Å². The molecule has 1 aromatic heterocycles. The van der Waals surface area contributed by atoms with Gasteiger partial charge in [-0.1, -0.05) is 65.7 Å². The van der Waals surface area contributed by atoms with E-state index in [0.717, 1.165) is 11.1 Å². The van der Waals surface area contributed by atoms with Gasteiger partial charge in [-0.05, 0) is 42.3 Å². The molecule has 3 aromatic rings. The smallest absolute Gasteiger partial charge is 0.289 e. The van der Waals surface area contributed by atoms with Crippen molar-refractivity contribution in [2.45, 2.75) is 38.6 Å². The van der Waals surface area contributed by atoms with Crippen LogP contribution < -0.4 is 10.6 Å². The van der Waals surface area contributed by atoms with Crippen LogP contribution in [0, 0.1) is 0 Å². The van der Waals surface area contributed by atoms with Crippen molar-refractivity contribution >= 4 is 40.8 Å². The lowest BCUT2D eigenvalue weighted by atomic mass is 10.0. The molecular formula is C26H25Cl2N3O4. The third-order valence-corrected chi connectivity index (χ3v) is 5.89. The summed E-state index contributed by atoms with van der Waals surface area (Å²) in [5, 5.41) is 6.04. The minimum atomic E-state index is -1.07. The molecule has 9 heteroatoms. The number of ketones is 1. The van der Waals surface area contributed by atoms with Gasteiger partial charge < -0.3 is 15.4 Å². The zero-order valence-electron chi connectivity index (χ0n) is 19.0. The number of pyridine rings is 1. The number of ether oxygens (including phenoxy) is 1. The van der Waals surface area contributed by atoms with Crippen LogP contribution in [0.2, 0.25) is 10.0 Å². The maximum atomic E-state index is 13.0. The number of nitrogens with zero attached hydrogens (tertiary/aromatic N) is 1. The second-order valence-electron chi connectivity index (χ2n) is 7.82. The molecule has 2 atom stereocenters. The summed E-state index contributed by atoms with van der Waals surface area (Å²) in [6.07, 6.45) is 0.871. The van der Waals surface area contributed by atoms with Crippen molar-refractivity contribution in [3.8, 4) is 0 Å². The van der Waals surface area contributed by atoms with Gasteiger partial charge in [-0.25, -0.2) is 0 Å². The summed E-state index contributed by atoms with van der Waals surface area (Å²) in [6, 6.07) is 18.4. The lowest BCUT2D eigenvalue weighted by Gasteiger charge is -2.20. The third kappa shape index (κ3) is 8.17. The third-order valence-electron chi connectivity index (χ3n) is 5.15. The number of hydrogen-bond donors (Lipinski definition) is 2. The van der Waals surface area contributed by atoms with Gasteiger partial charge in [0.2, 0.25) is 11.7 Å². The maximum absolute atomic E-state index is 13.0. The fraction of sp³-hybridized carbons (Fsp3) is 0.231. The zero-order chi connectivity index (χ0) is 25.2. The Kier molecular flexibility index (Phi) is 9.78. The summed E-state index contributed by atoms with van der Waals surface area (Å²) in [4.78, 5) is 42.5. The first-order valence-corrected chi connectivity index (χ1v) is 11.7. The maximum Gasteiger partial charge on any atom is 0.289 e. The van der Waals surface area contributed by atoms with E-state index in [-0.39, 0.29) is 19.6 Å². The molecule has 0 fully saturated rings. The normalized spacial score (nSPS) is 12.4. The molecule has 0 aliphatic carbocycles. The molecule has 0 saturated heterocycles. The highest BCUT2D eigenvalue weighted by atomic mass is 35.5. The summed E-state index contributed by atoms with van der Waals surface area (Å²) in [7, 11) is 0. The van der Waals surface area contributed by atoms with Crippen LogP contribution in [0.25, 0.3) is 0 Å². The van der Waals surface area contributed by atoms with E-state index in [1.807, 2.05) is 30.3 Å². The van der Waals surface area contributed by atoms with E-state index in [9.17, 15) is 14.4 Å². The summed E-state index contributed by atoms with van der Waals surface area (Å²) >= 11 is 11.9. The first kappa shape index (κ1) is 26.3. The van der Waals surface area contributed by atoms with E-state index in [2.05, 4.69) is 15.6 Å². The number of nitrogens with one attached hydrogen (secondary N) is 2. The van der Waals surface area contributed by atoms with Crippen molar-refractivity contribution in [3.63, 3.8) is 0 Å². The summed E-state index contributed by atoms with van der Waals surface area (Å²) < 4.78 is 5.65. The summed E-state index contributed by atoms with van der Waals surface area (Å²) in [6.45, 7) is 1.78. The zero-order valence-corrected chi connectivity index (χ0v) is 20.6. The van der Waals surface area contributed by atoms with Gasteiger partial charge in [0.1, 0.15) is 12.1 Å². The van der Waals surface area contributed by atoms with Gasteiger partial charge in [-0.2, -0.15) is 0 Å². The molecular weight excluding hydrogens is 489 g/mol. The Balaban J connectivity index is 1.63. The van der Waals surface area contributed by atoms with Gasteiger partial charge in [0.25, 0.3) is 5.91 Å². The van der Waals surface area contributed by atoms with Gasteiger partial charge in [0.05, 0.1) is 28.9 Å². The lowest BCUT2D eigenvalue weighted by molar-refractivity contribution is -0.141. The topological polar surface area (TPSA) is 97.4 Å². The van der Waals surface area contributed by atoms with Crippen LogP contribution >= 0.6 is 23.2 Å². The molecule has 1 heterocycles. The van der Waals surface area contributed by atoms with Crippen LogP contribution in [0.5, 0.6) is 0 Å².